The van der Waals surface area contributed by atoms with Crippen LogP contribution in [0, 0.1) is 17.3 Å². The molecule has 20 heavy (non-hydrogen) atoms. The zero-order chi connectivity index (χ0) is 15.3. The van der Waals surface area contributed by atoms with Crippen LogP contribution in [0.1, 0.15) is 52.9 Å². The van der Waals surface area contributed by atoms with Gasteiger partial charge in [0, 0.05) is 5.57 Å². The molecule has 0 spiro atoms. The van der Waals surface area contributed by atoms with Crippen LogP contribution in [0.25, 0.3) is 0 Å². The summed E-state index contributed by atoms with van der Waals surface area (Å²) in [7, 11) is 1.29. The number of hydrogen-bond acceptors (Lipinski definition) is 3. The maximum atomic E-state index is 11.6. The number of hydrogen-bond donors (Lipinski definition) is 1. The van der Waals surface area contributed by atoms with Crippen LogP contribution >= 0.6 is 0 Å². The van der Waals surface area contributed by atoms with E-state index in [9.17, 15) is 9.59 Å². The average Bonchev–Trinajstić information content (AvgIpc) is 2.36. The maximum Gasteiger partial charge on any atom is 0.334 e. The van der Waals surface area contributed by atoms with E-state index in [2.05, 4.69) is 25.5 Å². The first-order valence-electron chi connectivity index (χ1n) is 7.25. The number of esters is 1. The Morgan fingerprint density at radius 3 is 2.15 bits per heavy atom. The normalized spacial score (nSPS) is 24.3. The molecule has 0 aromatic carbocycles. The highest BCUT2D eigenvalue weighted by Gasteiger charge is 2.29. The molecular weight excluding hydrogens is 256 g/mol. The Morgan fingerprint density at radius 2 is 1.75 bits per heavy atom. The van der Waals surface area contributed by atoms with Crippen molar-refractivity contribution in [3.8, 4) is 0 Å². The Labute approximate surface area is 121 Å². The molecule has 114 valence electrons. The third-order valence-corrected chi connectivity index (χ3v) is 4.22. The lowest BCUT2D eigenvalue weighted by Gasteiger charge is -2.36. The number of aliphatic carboxylic acids is 1. The van der Waals surface area contributed by atoms with E-state index in [0.29, 0.717) is 17.3 Å². The quantitative estimate of drug-likeness (QED) is 0.634. The minimum absolute atomic E-state index is 0.258. The van der Waals surface area contributed by atoms with E-state index in [0.717, 1.165) is 25.7 Å². The summed E-state index contributed by atoms with van der Waals surface area (Å²) in [4.78, 5) is 22.4. The molecule has 4 heteroatoms. The van der Waals surface area contributed by atoms with Crippen molar-refractivity contribution in [3.63, 3.8) is 0 Å². The fraction of sp³-hybridized carbons (Fsp3) is 0.750. The van der Waals surface area contributed by atoms with Gasteiger partial charge in [-0.1, -0.05) is 26.8 Å². The van der Waals surface area contributed by atoms with Crippen LogP contribution in [-0.4, -0.2) is 24.2 Å². The molecule has 1 N–H and O–H groups in total. The number of methoxy groups -OCH3 is 1. The molecule has 0 radical (unpaired) electrons. The van der Waals surface area contributed by atoms with E-state index < -0.39 is 11.9 Å². The first-order chi connectivity index (χ1) is 9.24. The van der Waals surface area contributed by atoms with Gasteiger partial charge in [0.1, 0.15) is 0 Å². The minimum Gasteiger partial charge on any atom is -0.481 e. The second kappa shape index (κ2) is 6.91. The van der Waals surface area contributed by atoms with Gasteiger partial charge in [0.25, 0.3) is 0 Å². The summed E-state index contributed by atoms with van der Waals surface area (Å²) in [5.41, 5.74) is 0.597. The van der Waals surface area contributed by atoms with Crippen LogP contribution in [0.3, 0.4) is 0 Å². The predicted molar refractivity (Wildman–Crippen MR) is 77.3 cm³/mol. The van der Waals surface area contributed by atoms with Gasteiger partial charge in [0.15, 0.2) is 0 Å². The number of carboxylic acids is 1. The topological polar surface area (TPSA) is 63.6 Å². The van der Waals surface area contributed by atoms with Crippen molar-refractivity contribution in [3.05, 3.63) is 11.6 Å². The van der Waals surface area contributed by atoms with E-state index in [1.54, 1.807) is 0 Å². The number of carbonyl (C=O) groups is 2. The van der Waals surface area contributed by atoms with Gasteiger partial charge in [-0.2, -0.15) is 0 Å². The third-order valence-electron chi connectivity index (χ3n) is 4.22. The van der Waals surface area contributed by atoms with Gasteiger partial charge in [-0.15, -0.1) is 0 Å². The molecular formula is C16H26O4. The zero-order valence-electron chi connectivity index (χ0n) is 12.9. The van der Waals surface area contributed by atoms with Crippen molar-refractivity contribution in [2.75, 3.05) is 7.11 Å². The molecule has 1 rings (SSSR count). The summed E-state index contributed by atoms with van der Waals surface area (Å²) in [6.45, 7) is 6.79. The van der Waals surface area contributed by atoms with Gasteiger partial charge in [-0.3, -0.25) is 4.79 Å². The fourth-order valence-corrected chi connectivity index (χ4v) is 2.93. The first kappa shape index (κ1) is 16.7. The molecule has 4 nitrogen and oxygen atoms in total. The molecule has 0 unspecified atom stereocenters. The van der Waals surface area contributed by atoms with Crippen LogP contribution in [0.2, 0.25) is 0 Å². The second-order valence-corrected chi connectivity index (χ2v) is 6.73. The van der Waals surface area contributed by atoms with Crippen molar-refractivity contribution in [2.45, 2.75) is 52.9 Å². The Morgan fingerprint density at radius 1 is 1.20 bits per heavy atom. The van der Waals surface area contributed by atoms with E-state index >= 15 is 0 Å². The van der Waals surface area contributed by atoms with Crippen molar-refractivity contribution in [1.82, 2.24) is 0 Å². The van der Waals surface area contributed by atoms with Crippen LogP contribution < -0.4 is 0 Å². The highest BCUT2D eigenvalue weighted by Crippen LogP contribution is 2.40. The Kier molecular flexibility index (Phi) is 5.78. The van der Waals surface area contributed by atoms with Crippen LogP contribution in [0.4, 0.5) is 0 Å². The summed E-state index contributed by atoms with van der Waals surface area (Å²) in [6, 6.07) is 0. The van der Waals surface area contributed by atoms with Crippen LogP contribution in [0.5, 0.6) is 0 Å². The Hall–Kier alpha value is -1.32. The van der Waals surface area contributed by atoms with Crippen molar-refractivity contribution >= 4 is 11.9 Å². The molecule has 1 aliphatic carbocycles. The summed E-state index contributed by atoms with van der Waals surface area (Å²) in [5.74, 6) is -0.523. The molecule has 0 aliphatic heterocycles. The molecule has 1 fully saturated rings. The summed E-state index contributed by atoms with van der Waals surface area (Å²) < 4.78 is 4.66. The van der Waals surface area contributed by atoms with Crippen LogP contribution in [-0.2, 0) is 14.3 Å². The standard InChI is InChI=1S/C16H26O4/c1-16(2,3)13-7-5-11(6-8-13)9-12(10-14(17)18)15(19)20-4/h9,11,13H,5-8,10H2,1-4H3,(H,17,18). The first-order valence-corrected chi connectivity index (χ1v) is 7.25. The number of carboxylic acid groups (broad SMARTS) is 1. The number of ether oxygens (including phenoxy) is 1. The SMILES string of the molecule is COC(=O)C(=CC1CCC(C(C)(C)C)CC1)CC(=O)O. The number of rotatable bonds is 4. The van der Waals surface area contributed by atoms with Gasteiger partial charge in [0.05, 0.1) is 13.5 Å². The maximum absolute atomic E-state index is 11.6. The molecule has 0 bridgehead atoms. The largest absolute Gasteiger partial charge is 0.481 e. The number of carbonyl (C=O) groups excluding carboxylic acids is 1. The van der Waals surface area contributed by atoms with E-state index in [-0.39, 0.29) is 12.0 Å². The minimum atomic E-state index is -0.995. The lowest BCUT2D eigenvalue weighted by molar-refractivity contribution is -0.141. The van der Waals surface area contributed by atoms with Crippen molar-refractivity contribution < 1.29 is 19.4 Å². The van der Waals surface area contributed by atoms with Gasteiger partial charge in [0.2, 0.25) is 0 Å². The van der Waals surface area contributed by atoms with E-state index in [1.807, 2.05) is 6.08 Å². The fourth-order valence-electron chi connectivity index (χ4n) is 2.93. The van der Waals surface area contributed by atoms with Gasteiger partial charge in [-0.05, 0) is 42.9 Å². The molecule has 0 saturated heterocycles. The molecule has 0 atom stereocenters. The Bertz CT molecular complexity index is 382. The Balaban J connectivity index is 2.68. The summed E-state index contributed by atoms with van der Waals surface area (Å²) in [6.07, 6.45) is 5.85. The van der Waals surface area contributed by atoms with E-state index in [1.165, 1.54) is 7.11 Å². The third kappa shape index (κ3) is 4.99. The molecule has 1 aliphatic rings. The predicted octanol–water partition coefficient (Wildman–Crippen LogP) is 3.41. The van der Waals surface area contributed by atoms with Gasteiger partial charge >= 0.3 is 11.9 Å². The molecule has 0 heterocycles. The van der Waals surface area contributed by atoms with Crippen molar-refractivity contribution in [1.29, 1.82) is 0 Å². The second-order valence-electron chi connectivity index (χ2n) is 6.73. The lowest BCUT2D eigenvalue weighted by atomic mass is 9.69. The molecule has 1 saturated carbocycles. The summed E-state index contributed by atoms with van der Waals surface area (Å²) >= 11 is 0. The smallest absolute Gasteiger partial charge is 0.334 e. The highest BCUT2D eigenvalue weighted by atomic mass is 16.5. The number of allylic oxidation sites excluding steroid dienone is 1. The van der Waals surface area contributed by atoms with E-state index in [4.69, 9.17) is 5.11 Å². The molecule has 0 aromatic rings. The lowest BCUT2D eigenvalue weighted by Crippen LogP contribution is -2.25. The zero-order valence-corrected chi connectivity index (χ0v) is 12.9. The van der Waals surface area contributed by atoms with Crippen LogP contribution in [0.15, 0.2) is 11.6 Å². The average molecular weight is 282 g/mol. The van der Waals surface area contributed by atoms with Crippen molar-refractivity contribution in [2.24, 2.45) is 17.3 Å². The monoisotopic (exact) mass is 282 g/mol. The van der Waals surface area contributed by atoms with Gasteiger partial charge in [-0.25, -0.2) is 4.79 Å². The highest BCUT2D eigenvalue weighted by molar-refractivity contribution is 5.93. The summed E-state index contributed by atoms with van der Waals surface area (Å²) in [5, 5.41) is 8.86. The molecule has 0 aromatic heterocycles. The molecule has 0 amide bonds. The van der Waals surface area contributed by atoms with Gasteiger partial charge < -0.3 is 9.84 Å².